The van der Waals surface area contributed by atoms with Crippen molar-refractivity contribution in [1.29, 1.82) is 0 Å². The third-order valence-corrected chi connectivity index (χ3v) is 3.91. The van der Waals surface area contributed by atoms with E-state index in [0.717, 1.165) is 17.0 Å². The highest BCUT2D eigenvalue weighted by Crippen LogP contribution is 2.34. The molecule has 3 nitrogen and oxygen atoms in total. The van der Waals surface area contributed by atoms with E-state index in [0.29, 0.717) is 11.3 Å². The maximum absolute atomic E-state index is 13.8. The van der Waals surface area contributed by atoms with E-state index in [-0.39, 0.29) is 17.3 Å². The van der Waals surface area contributed by atoms with Crippen molar-refractivity contribution in [3.8, 4) is 10.6 Å². The molecule has 6 heteroatoms. The van der Waals surface area contributed by atoms with Gasteiger partial charge in [0.25, 0.3) is 0 Å². The average molecular weight is 293 g/mol. The van der Waals surface area contributed by atoms with Crippen LogP contribution in [0.3, 0.4) is 0 Å². The summed E-state index contributed by atoms with van der Waals surface area (Å²) in [6, 6.07) is 5.55. The number of halogens is 2. The number of benzene rings is 1. The lowest BCUT2D eigenvalue weighted by molar-refractivity contribution is -0.136. The first-order chi connectivity index (χ1) is 9.56. The molecule has 0 bridgehead atoms. The number of hydrogen-bond acceptors (Lipinski definition) is 2. The summed E-state index contributed by atoms with van der Waals surface area (Å²) in [5.41, 5.74) is 1.06. The van der Waals surface area contributed by atoms with Crippen LogP contribution in [0.5, 0.6) is 0 Å². The van der Waals surface area contributed by atoms with Gasteiger partial charge in [-0.1, -0.05) is 6.07 Å². The Hall–Kier alpha value is -2.21. The lowest BCUT2D eigenvalue weighted by atomic mass is 10.1. The zero-order valence-corrected chi connectivity index (χ0v) is 10.9. The van der Waals surface area contributed by atoms with Gasteiger partial charge in [-0.15, -0.1) is 11.3 Å². The lowest BCUT2D eigenvalue weighted by Gasteiger charge is -2.00. The molecule has 0 fully saturated rings. The fourth-order valence-corrected chi connectivity index (χ4v) is 2.99. The predicted molar refractivity (Wildman–Crippen MR) is 72.9 cm³/mol. The number of carboxylic acids is 1. The van der Waals surface area contributed by atoms with Crippen molar-refractivity contribution < 1.29 is 18.7 Å². The standard InChI is InChI=1S/C14H9F2NO2S/c15-7-4-8-9(6-12(18)19)14(11-2-1-3-20-11)17-13(8)10(16)5-7/h1-5,17H,6H2,(H,18,19). The number of H-pyrrole nitrogens is 1. The van der Waals surface area contributed by atoms with Gasteiger partial charge in [0.15, 0.2) is 0 Å². The molecule has 20 heavy (non-hydrogen) atoms. The van der Waals surface area contributed by atoms with Crippen LogP contribution in [0.15, 0.2) is 29.6 Å². The van der Waals surface area contributed by atoms with Gasteiger partial charge in [0.05, 0.1) is 22.5 Å². The zero-order valence-electron chi connectivity index (χ0n) is 10.1. The first-order valence-electron chi connectivity index (χ1n) is 5.81. The molecular formula is C14H9F2NO2S. The minimum absolute atomic E-state index is 0.131. The molecule has 1 aromatic carbocycles. The molecule has 0 aliphatic carbocycles. The molecule has 2 aromatic heterocycles. The first-order valence-corrected chi connectivity index (χ1v) is 6.69. The summed E-state index contributed by atoms with van der Waals surface area (Å²) in [4.78, 5) is 14.7. The number of fused-ring (bicyclic) bond motifs is 1. The highest BCUT2D eigenvalue weighted by molar-refractivity contribution is 7.13. The Bertz CT molecular complexity index is 793. The molecule has 0 spiro atoms. The summed E-state index contributed by atoms with van der Waals surface area (Å²) >= 11 is 1.40. The summed E-state index contributed by atoms with van der Waals surface area (Å²) < 4.78 is 27.2. The second-order valence-corrected chi connectivity index (χ2v) is 5.28. The quantitative estimate of drug-likeness (QED) is 0.771. The molecule has 0 aliphatic heterocycles. The van der Waals surface area contributed by atoms with Crippen molar-refractivity contribution in [3.63, 3.8) is 0 Å². The van der Waals surface area contributed by atoms with E-state index < -0.39 is 17.6 Å². The molecule has 0 amide bonds. The summed E-state index contributed by atoms with van der Waals surface area (Å²) in [5, 5.41) is 11.1. The number of carbonyl (C=O) groups is 1. The van der Waals surface area contributed by atoms with Crippen LogP contribution in [0.1, 0.15) is 5.56 Å². The maximum atomic E-state index is 13.8. The summed E-state index contributed by atoms with van der Waals surface area (Å²) in [6.45, 7) is 0. The second kappa shape index (κ2) is 4.72. The number of rotatable bonds is 3. The second-order valence-electron chi connectivity index (χ2n) is 4.34. The average Bonchev–Trinajstić information content (AvgIpc) is 2.97. The minimum Gasteiger partial charge on any atom is -0.481 e. The molecule has 3 rings (SSSR count). The molecule has 0 saturated carbocycles. The predicted octanol–water partition coefficient (Wildman–Crippen LogP) is 3.80. The summed E-state index contributed by atoms with van der Waals surface area (Å²) in [7, 11) is 0. The van der Waals surface area contributed by atoms with Gasteiger partial charge in [-0.25, -0.2) is 8.78 Å². The van der Waals surface area contributed by atoms with Gasteiger partial charge in [-0.3, -0.25) is 4.79 Å². The van der Waals surface area contributed by atoms with Crippen molar-refractivity contribution in [2.45, 2.75) is 6.42 Å². The number of hydrogen-bond donors (Lipinski definition) is 2. The van der Waals surface area contributed by atoms with Crippen LogP contribution in [0.25, 0.3) is 21.5 Å². The fraction of sp³-hybridized carbons (Fsp3) is 0.0714. The summed E-state index contributed by atoms with van der Waals surface area (Å²) in [6.07, 6.45) is -0.296. The Morgan fingerprint density at radius 1 is 1.35 bits per heavy atom. The van der Waals surface area contributed by atoms with Crippen molar-refractivity contribution in [1.82, 2.24) is 4.98 Å². The van der Waals surface area contributed by atoms with E-state index in [1.165, 1.54) is 11.3 Å². The highest BCUT2D eigenvalue weighted by atomic mass is 32.1. The van der Waals surface area contributed by atoms with Crippen LogP contribution in [0.4, 0.5) is 8.78 Å². The molecular weight excluding hydrogens is 284 g/mol. The zero-order chi connectivity index (χ0) is 14.3. The van der Waals surface area contributed by atoms with Crippen LogP contribution in [-0.4, -0.2) is 16.1 Å². The van der Waals surface area contributed by atoms with Crippen molar-refractivity contribution in [3.05, 3.63) is 46.8 Å². The Balaban J connectivity index is 2.33. The van der Waals surface area contributed by atoms with Crippen molar-refractivity contribution in [2.24, 2.45) is 0 Å². The van der Waals surface area contributed by atoms with Gasteiger partial charge < -0.3 is 10.1 Å². The van der Waals surface area contributed by atoms with Gasteiger partial charge in [0.1, 0.15) is 11.6 Å². The molecule has 0 unspecified atom stereocenters. The van der Waals surface area contributed by atoms with E-state index in [9.17, 15) is 13.6 Å². The monoisotopic (exact) mass is 293 g/mol. The molecule has 2 N–H and O–H groups in total. The number of aliphatic carboxylic acids is 1. The topological polar surface area (TPSA) is 53.1 Å². The third-order valence-electron chi connectivity index (χ3n) is 3.03. The SMILES string of the molecule is O=C(O)Cc1c(-c2cccs2)[nH]c2c(F)cc(F)cc12. The largest absolute Gasteiger partial charge is 0.481 e. The Kier molecular flexibility index (Phi) is 3.02. The highest BCUT2D eigenvalue weighted by Gasteiger charge is 2.19. The van der Waals surface area contributed by atoms with Crippen LogP contribution in [-0.2, 0) is 11.2 Å². The maximum Gasteiger partial charge on any atom is 0.307 e. The Morgan fingerprint density at radius 3 is 2.80 bits per heavy atom. The van der Waals surface area contributed by atoms with Gasteiger partial charge >= 0.3 is 5.97 Å². The van der Waals surface area contributed by atoms with Gasteiger partial charge in [-0.05, 0) is 23.1 Å². The third kappa shape index (κ3) is 2.08. The molecule has 0 aliphatic rings. The Morgan fingerprint density at radius 2 is 2.15 bits per heavy atom. The number of aromatic nitrogens is 1. The van der Waals surface area contributed by atoms with Gasteiger partial charge in [-0.2, -0.15) is 0 Å². The number of aromatic amines is 1. The minimum atomic E-state index is -1.05. The van der Waals surface area contributed by atoms with Crippen molar-refractivity contribution >= 4 is 28.2 Å². The van der Waals surface area contributed by atoms with E-state index >= 15 is 0 Å². The van der Waals surface area contributed by atoms with Gasteiger partial charge in [0, 0.05) is 11.5 Å². The molecule has 3 aromatic rings. The number of carboxylic acid groups (broad SMARTS) is 1. The molecule has 0 saturated heterocycles. The Labute approximate surface area is 116 Å². The smallest absolute Gasteiger partial charge is 0.307 e. The molecule has 0 radical (unpaired) electrons. The van der Waals surface area contributed by atoms with Gasteiger partial charge in [0.2, 0.25) is 0 Å². The molecule has 0 atom stereocenters. The van der Waals surface area contributed by atoms with E-state index in [4.69, 9.17) is 5.11 Å². The number of thiophene rings is 1. The normalized spacial score (nSPS) is 11.1. The molecule has 2 heterocycles. The van der Waals surface area contributed by atoms with Crippen molar-refractivity contribution in [2.75, 3.05) is 0 Å². The fourth-order valence-electron chi connectivity index (χ4n) is 2.24. The lowest BCUT2D eigenvalue weighted by Crippen LogP contribution is -2.00. The first kappa shape index (κ1) is 12.8. The summed E-state index contributed by atoms with van der Waals surface area (Å²) in [5.74, 6) is -2.50. The van der Waals surface area contributed by atoms with E-state index in [1.54, 1.807) is 6.07 Å². The van der Waals surface area contributed by atoms with Crippen LogP contribution < -0.4 is 0 Å². The van der Waals surface area contributed by atoms with Crippen LogP contribution >= 0.6 is 11.3 Å². The molecule has 102 valence electrons. The van der Waals surface area contributed by atoms with Crippen LogP contribution in [0, 0.1) is 11.6 Å². The number of nitrogens with one attached hydrogen (secondary N) is 1. The van der Waals surface area contributed by atoms with E-state index in [2.05, 4.69) is 4.98 Å². The van der Waals surface area contributed by atoms with E-state index in [1.807, 2.05) is 11.4 Å². The van der Waals surface area contributed by atoms with Crippen LogP contribution in [0.2, 0.25) is 0 Å².